The Balaban J connectivity index is 1.54. The number of benzene rings is 1. The summed E-state index contributed by atoms with van der Waals surface area (Å²) in [7, 11) is -3.99. The van der Waals surface area contributed by atoms with E-state index in [-0.39, 0.29) is 39.3 Å². The molecule has 0 atom stereocenters. The third-order valence-electron chi connectivity index (χ3n) is 4.01. The van der Waals surface area contributed by atoms with Crippen LogP contribution in [0, 0.1) is 0 Å². The summed E-state index contributed by atoms with van der Waals surface area (Å²) in [6.07, 6.45) is 0. The number of nitrogens with two attached hydrogens (primary N) is 1. The van der Waals surface area contributed by atoms with Crippen LogP contribution < -0.4 is 26.1 Å². The smallest absolute Gasteiger partial charge is 0.287 e. The molecule has 0 saturated carbocycles. The number of anilines is 1. The van der Waals surface area contributed by atoms with Crippen molar-refractivity contribution in [2.45, 2.75) is 10.8 Å². The maximum absolute atomic E-state index is 12.4. The molecule has 5 N–H and O–H groups in total. The number of rotatable bonds is 4. The summed E-state index contributed by atoms with van der Waals surface area (Å²) in [5.74, 6) is -0.671. The molecule has 1 aliphatic rings. The summed E-state index contributed by atoms with van der Waals surface area (Å²) in [6, 6.07) is 6.16. The Labute approximate surface area is 167 Å². The quantitative estimate of drug-likeness (QED) is 0.442. The molecule has 0 saturated heterocycles. The molecule has 0 unspecified atom stereocenters. The number of H-pyrrole nitrogens is 1. The minimum atomic E-state index is -3.99. The van der Waals surface area contributed by atoms with E-state index in [1.54, 1.807) is 18.2 Å². The number of sulfonamides is 1. The van der Waals surface area contributed by atoms with Gasteiger partial charge in [0.2, 0.25) is 15.8 Å². The van der Waals surface area contributed by atoms with E-state index in [2.05, 4.69) is 20.6 Å². The van der Waals surface area contributed by atoms with Crippen LogP contribution in [0.5, 0.6) is 5.75 Å². The van der Waals surface area contributed by atoms with Crippen molar-refractivity contribution in [2.75, 3.05) is 11.9 Å². The number of carbonyl (C=O) groups is 2. The Bertz CT molecular complexity index is 1330. The first-order chi connectivity index (χ1) is 13.7. The standard InChI is InChI=1S/C16H13N5O6S2/c17-29(25,26)12-4-8-14(23)20-13(21-16(8)28-12)15(24)18-5-7-1-2-10-9(3-7)19-11(22)6-27-10/h1-4H,5-6H2,(H,18,24)(H,19,22)(H2,17,25,26)(H,20,21,23). The van der Waals surface area contributed by atoms with Gasteiger partial charge in [-0.05, 0) is 23.8 Å². The Morgan fingerprint density at radius 1 is 1.31 bits per heavy atom. The maximum atomic E-state index is 12.4. The van der Waals surface area contributed by atoms with Gasteiger partial charge in [-0.25, -0.2) is 18.5 Å². The normalized spacial score (nSPS) is 13.5. The number of ether oxygens (including phenoxy) is 1. The molecule has 0 aliphatic carbocycles. The topological polar surface area (TPSA) is 173 Å². The lowest BCUT2D eigenvalue weighted by Crippen LogP contribution is -2.28. The second-order valence-electron chi connectivity index (χ2n) is 6.09. The van der Waals surface area contributed by atoms with E-state index in [9.17, 15) is 22.8 Å². The molecular formula is C16H13N5O6S2. The van der Waals surface area contributed by atoms with Gasteiger partial charge in [0, 0.05) is 6.54 Å². The molecule has 11 nitrogen and oxygen atoms in total. The van der Waals surface area contributed by atoms with Crippen molar-refractivity contribution in [1.29, 1.82) is 0 Å². The minimum absolute atomic E-state index is 0.0287. The number of hydrogen-bond donors (Lipinski definition) is 4. The molecular weight excluding hydrogens is 422 g/mol. The first-order valence-electron chi connectivity index (χ1n) is 8.11. The van der Waals surface area contributed by atoms with Crippen molar-refractivity contribution in [2.24, 2.45) is 5.14 Å². The van der Waals surface area contributed by atoms with Gasteiger partial charge in [-0.3, -0.25) is 14.4 Å². The van der Waals surface area contributed by atoms with E-state index in [1.807, 2.05) is 0 Å². The van der Waals surface area contributed by atoms with Crippen LogP contribution in [0.2, 0.25) is 0 Å². The number of thiophene rings is 1. The lowest BCUT2D eigenvalue weighted by molar-refractivity contribution is -0.118. The van der Waals surface area contributed by atoms with Gasteiger partial charge < -0.3 is 20.4 Å². The van der Waals surface area contributed by atoms with Crippen LogP contribution in [0.3, 0.4) is 0 Å². The van der Waals surface area contributed by atoms with E-state index in [0.29, 0.717) is 28.3 Å². The zero-order chi connectivity index (χ0) is 20.8. The van der Waals surface area contributed by atoms with Gasteiger partial charge in [-0.2, -0.15) is 0 Å². The first-order valence-corrected chi connectivity index (χ1v) is 10.5. The third kappa shape index (κ3) is 3.83. The van der Waals surface area contributed by atoms with Gasteiger partial charge in [-0.15, -0.1) is 11.3 Å². The monoisotopic (exact) mass is 435 g/mol. The molecule has 0 bridgehead atoms. The molecule has 3 aromatic rings. The van der Waals surface area contributed by atoms with E-state index in [0.717, 1.165) is 6.07 Å². The van der Waals surface area contributed by atoms with Crippen LogP contribution in [0.4, 0.5) is 5.69 Å². The highest BCUT2D eigenvalue weighted by atomic mass is 32.2. The van der Waals surface area contributed by atoms with Crippen LogP contribution in [0.25, 0.3) is 10.2 Å². The number of nitrogens with one attached hydrogen (secondary N) is 3. The van der Waals surface area contributed by atoms with E-state index in [1.165, 1.54) is 0 Å². The lowest BCUT2D eigenvalue weighted by atomic mass is 10.1. The molecule has 0 fully saturated rings. The zero-order valence-corrected chi connectivity index (χ0v) is 16.1. The number of fused-ring (bicyclic) bond motifs is 2. The number of aromatic amines is 1. The van der Waals surface area contributed by atoms with Crippen molar-refractivity contribution in [3.05, 3.63) is 46.0 Å². The molecule has 2 aromatic heterocycles. The lowest BCUT2D eigenvalue weighted by Gasteiger charge is -2.18. The Morgan fingerprint density at radius 2 is 2.10 bits per heavy atom. The van der Waals surface area contributed by atoms with Gasteiger partial charge in [0.15, 0.2) is 6.61 Å². The predicted molar refractivity (Wildman–Crippen MR) is 103 cm³/mol. The molecule has 13 heteroatoms. The molecule has 0 spiro atoms. The molecule has 0 radical (unpaired) electrons. The van der Waals surface area contributed by atoms with Crippen LogP contribution in [0.15, 0.2) is 33.3 Å². The van der Waals surface area contributed by atoms with Crippen LogP contribution in [-0.2, 0) is 21.4 Å². The number of aromatic nitrogens is 2. The molecule has 150 valence electrons. The van der Waals surface area contributed by atoms with E-state index >= 15 is 0 Å². The largest absolute Gasteiger partial charge is 0.482 e. The predicted octanol–water partition coefficient (Wildman–Crippen LogP) is -0.107. The number of primary sulfonamides is 1. The highest BCUT2D eigenvalue weighted by Gasteiger charge is 2.19. The number of hydrogen-bond acceptors (Lipinski definition) is 8. The summed E-state index contributed by atoms with van der Waals surface area (Å²) in [5.41, 5.74) is 0.522. The van der Waals surface area contributed by atoms with Gasteiger partial charge in [0.1, 0.15) is 14.8 Å². The number of nitrogens with zero attached hydrogens (tertiary/aromatic N) is 1. The fraction of sp³-hybridized carbons (Fsp3) is 0.125. The Morgan fingerprint density at radius 3 is 2.86 bits per heavy atom. The fourth-order valence-electron chi connectivity index (χ4n) is 2.66. The van der Waals surface area contributed by atoms with Gasteiger partial charge >= 0.3 is 0 Å². The Hall–Kier alpha value is -3.29. The van der Waals surface area contributed by atoms with Crippen molar-refractivity contribution >= 4 is 49.1 Å². The molecule has 1 aromatic carbocycles. The maximum Gasteiger partial charge on any atom is 0.287 e. The van der Waals surface area contributed by atoms with Crippen LogP contribution >= 0.6 is 11.3 Å². The molecule has 2 amide bonds. The van der Waals surface area contributed by atoms with Gasteiger partial charge in [-0.1, -0.05) is 6.07 Å². The average Bonchev–Trinajstić information content (AvgIpc) is 3.11. The SMILES string of the molecule is NS(=O)(=O)c1cc2c(=O)[nH]c(C(=O)NCc3ccc4c(c3)NC(=O)CO4)nc2s1. The van der Waals surface area contributed by atoms with Crippen LogP contribution in [0.1, 0.15) is 16.2 Å². The van der Waals surface area contributed by atoms with E-state index in [4.69, 9.17) is 9.88 Å². The van der Waals surface area contributed by atoms with Crippen molar-refractivity contribution in [1.82, 2.24) is 15.3 Å². The van der Waals surface area contributed by atoms with Crippen LogP contribution in [-0.4, -0.2) is 36.8 Å². The van der Waals surface area contributed by atoms with Crippen molar-refractivity contribution in [3.8, 4) is 5.75 Å². The summed E-state index contributed by atoms with van der Waals surface area (Å²) >= 11 is 0.702. The summed E-state index contributed by atoms with van der Waals surface area (Å²) in [6.45, 7) is 0.0388. The number of amides is 2. The third-order valence-corrected chi connectivity index (χ3v) is 6.45. The fourth-order valence-corrected chi connectivity index (χ4v) is 4.41. The average molecular weight is 435 g/mol. The molecule has 1 aliphatic heterocycles. The Kier molecular flexibility index (Phi) is 4.56. The zero-order valence-electron chi connectivity index (χ0n) is 14.5. The van der Waals surface area contributed by atoms with Gasteiger partial charge in [0.25, 0.3) is 17.4 Å². The molecule has 29 heavy (non-hydrogen) atoms. The summed E-state index contributed by atoms with van der Waals surface area (Å²) in [4.78, 5) is 42.4. The second-order valence-corrected chi connectivity index (χ2v) is 8.91. The first kappa shape index (κ1) is 19.0. The summed E-state index contributed by atoms with van der Waals surface area (Å²) in [5, 5.41) is 10.4. The highest BCUT2D eigenvalue weighted by molar-refractivity contribution is 7.91. The van der Waals surface area contributed by atoms with Gasteiger partial charge in [0.05, 0.1) is 11.1 Å². The summed E-state index contributed by atoms with van der Waals surface area (Å²) < 4.78 is 27.9. The number of carbonyl (C=O) groups excluding carboxylic acids is 2. The van der Waals surface area contributed by atoms with E-state index < -0.39 is 21.5 Å². The van der Waals surface area contributed by atoms with Crippen molar-refractivity contribution in [3.63, 3.8) is 0 Å². The molecule has 4 rings (SSSR count). The molecule has 3 heterocycles. The van der Waals surface area contributed by atoms with Crippen molar-refractivity contribution < 1.29 is 22.7 Å². The highest BCUT2D eigenvalue weighted by Crippen LogP contribution is 2.28. The second kappa shape index (κ2) is 6.95. The minimum Gasteiger partial charge on any atom is -0.482 e.